The van der Waals surface area contributed by atoms with Crippen LogP contribution in [0.25, 0.3) is 54.4 Å². The molecule has 2 aromatic heterocycles. The Morgan fingerprint density at radius 1 is 0.453 bits per heavy atom. The summed E-state index contributed by atoms with van der Waals surface area (Å²) in [5.41, 5.74) is 7.86. The zero-order valence-electron chi connectivity index (χ0n) is 32.8. The average molecular weight is 696 g/mol. The quantitative estimate of drug-likeness (QED) is 0.171. The summed E-state index contributed by atoms with van der Waals surface area (Å²) in [4.78, 5) is 43.2. The Balaban J connectivity index is 1.65. The molecule has 4 aromatic carbocycles. The first-order valence-electron chi connectivity index (χ1n) is 18.4. The summed E-state index contributed by atoms with van der Waals surface area (Å²) in [7, 11) is 0. The lowest BCUT2D eigenvalue weighted by molar-refractivity contribution is 0.103. The van der Waals surface area contributed by atoms with E-state index in [0.29, 0.717) is 44.3 Å². The van der Waals surface area contributed by atoms with Crippen LogP contribution in [0.1, 0.15) is 137 Å². The number of carbonyl (C=O) groups excluding carboxylic acids is 2. The van der Waals surface area contributed by atoms with E-state index in [0.717, 1.165) is 54.8 Å². The van der Waals surface area contributed by atoms with Gasteiger partial charge in [-0.1, -0.05) is 95.2 Å². The Bertz CT molecular complexity index is 2600. The van der Waals surface area contributed by atoms with Crippen LogP contribution in [-0.4, -0.2) is 26.5 Å². The molecule has 2 aliphatic heterocycles. The molecule has 0 fully saturated rings. The summed E-state index contributed by atoms with van der Waals surface area (Å²) < 4.78 is 0. The molecule has 0 saturated heterocycles. The van der Waals surface area contributed by atoms with Crippen LogP contribution < -0.4 is 0 Å². The Kier molecular flexibility index (Phi) is 7.17. The lowest BCUT2D eigenvalue weighted by Gasteiger charge is -2.21. The van der Waals surface area contributed by atoms with Crippen LogP contribution in [0, 0.1) is 24.3 Å². The maximum absolute atomic E-state index is 14.6. The monoisotopic (exact) mass is 695 g/mol. The van der Waals surface area contributed by atoms with E-state index < -0.39 is 0 Å². The predicted octanol–water partition coefficient (Wildman–Crippen LogP) is 11.3. The summed E-state index contributed by atoms with van der Waals surface area (Å²) in [5, 5.41) is 4.73. The van der Waals surface area contributed by atoms with Gasteiger partial charge < -0.3 is 4.98 Å². The highest BCUT2D eigenvalue weighted by Gasteiger charge is 2.31. The van der Waals surface area contributed by atoms with E-state index in [-0.39, 0.29) is 33.2 Å². The van der Waals surface area contributed by atoms with E-state index in [1.165, 1.54) is 0 Å². The number of hydrogen-bond acceptors (Lipinski definition) is 4. The van der Waals surface area contributed by atoms with Crippen LogP contribution in [0.2, 0.25) is 0 Å². The van der Waals surface area contributed by atoms with Gasteiger partial charge in [-0.15, -0.1) is 0 Å². The van der Waals surface area contributed by atoms with Gasteiger partial charge in [0.1, 0.15) is 11.4 Å². The summed E-state index contributed by atoms with van der Waals surface area (Å²) in [6.07, 6.45) is 0. The lowest BCUT2D eigenvalue weighted by atomic mass is 9.83. The molecule has 5 heteroatoms. The molecule has 5 nitrogen and oxygen atoms in total. The fourth-order valence-corrected chi connectivity index (χ4v) is 7.40. The van der Waals surface area contributed by atoms with Gasteiger partial charge in [-0.2, -0.15) is 0 Å². The van der Waals surface area contributed by atoms with E-state index in [9.17, 15) is 9.59 Å². The third-order valence-electron chi connectivity index (χ3n) is 10.8. The number of nitrogens with zero attached hydrogens (tertiary/aromatic N) is 2. The normalized spacial score (nSPS) is 13.8. The number of benzene rings is 4. The number of aromatic amines is 1. The zero-order valence-corrected chi connectivity index (χ0v) is 32.8. The number of aromatic nitrogens is 3. The predicted molar refractivity (Wildman–Crippen MR) is 216 cm³/mol. The molecule has 1 N–H and O–H groups in total. The average Bonchev–Trinajstić information content (AvgIpc) is 3.71. The van der Waals surface area contributed by atoms with Crippen molar-refractivity contribution in [3.63, 3.8) is 0 Å². The molecular weight excluding hydrogens is 651 g/mol. The Labute approximate surface area is 311 Å². The summed E-state index contributed by atoms with van der Waals surface area (Å²) >= 11 is 0. The van der Waals surface area contributed by atoms with E-state index in [1.807, 2.05) is 24.3 Å². The van der Waals surface area contributed by atoms with Crippen LogP contribution in [0.4, 0.5) is 0 Å². The minimum Gasteiger partial charge on any atom is -0.353 e. The fourth-order valence-electron chi connectivity index (χ4n) is 7.40. The van der Waals surface area contributed by atoms with Crippen LogP contribution in [0.5, 0.6) is 0 Å². The zero-order chi connectivity index (χ0) is 38.2. The molecule has 0 radical (unpaired) electrons. The molecule has 0 spiro atoms. The highest BCUT2D eigenvalue weighted by molar-refractivity contribution is 6.28. The van der Waals surface area contributed by atoms with Crippen LogP contribution in [0.15, 0.2) is 48.5 Å². The second kappa shape index (κ2) is 11.0. The van der Waals surface area contributed by atoms with Crippen LogP contribution in [0.3, 0.4) is 0 Å². The number of hydrogen-bond donors (Lipinski definition) is 1. The van der Waals surface area contributed by atoms with Crippen molar-refractivity contribution in [2.24, 2.45) is 0 Å². The standard InChI is InChI=1S/C48H45N3O2/c1-45(2,3)27-17-25-15-13-14-16-26-18-28(46(4,5)6)24-36-38(26)50-42(44(36)53)34-22-30(48(10,11)12)20-32-31-19-29(47(7,8)9)21-33(39(31)51-40(32)34)41-43(52)35(23-27)37(25)49-41/h17-24,51H,1-12H3. The van der Waals surface area contributed by atoms with Gasteiger partial charge in [0.25, 0.3) is 0 Å². The molecule has 8 rings (SSSR count). The fraction of sp³-hybridized carbons (Fsp3) is 0.333. The molecular formula is C48H45N3O2. The summed E-state index contributed by atoms with van der Waals surface area (Å²) in [6.45, 7) is 25.9. The van der Waals surface area contributed by atoms with Crippen molar-refractivity contribution >= 4 is 66.0 Å². The number of rotatable bonds is 0. The Hall–Kier alpha value is -5.52. The summed E-state index contributed by atoms with van der Waals surface area (Å²) in [6, 6.07) is 29.4. The largest absolute Gasteiger partial charge is 0.353 e. The number of nitrogens with one attached hydrogen (secondary N) is 1. The van der Waals surface area contributed by atoms with Crippen LogP contribution in [-0.2, 0) is 21.7 Å². The third kappa shape index (κ3) is 5.49. The molecule has 0 amide bonds. The number of fused-ring (bicyclic) bond motifs is 5. The van der Waals surface area contributed by atoms with Gasteiger partial charge >= 0.3 is 0 Å². The minimum atomic E-state index is -0.231. The van der Waals surface area contributed by atoms with Crippen LogP contribution >= 0.6 is 0 Å². The first kappa shape index (κ1) is 34.6. The number of H-pyrrole nitrogens is 1. The number of ketones is 2. The lowest BCUT2D eigenvalue weighted by Crippen LogP contribution is -2.12. The van der Waals surface area contributed by atoms with Gasteiger partial charge in [-0.3, -0.25) is 9.59 Å². The molecule has 6 aromatic rings. The van der Waals surface area contributed by atoms with Gasteiger partial charge in [-0.05, 0) is 105 Å². The Morgan fingerprint density at radius 3 is 1.11 bits per heavy atom. The number of carbonyl (C=O) groups is 2. The molecule has 6 bridgehead atoms. The highest BCUT2D eigenvalue weighted by Crippen LogP contribution is 2.42. The SMILES string of the molecule is CC(C)(C)c1cc2c3nc(c4cc(C(C)(C)C)cc5c6cc(C(C)(C)C)cc(c7nc8c(cc(C(C)(C)C)cc8c#cc#cc3c1)C7=O)c6[nH]c45)C2=O. The van der Waals surface area contributed by atoms with Crippen molar-refractivity contribution in [1.29, 1.82) is 0 Å². The van der Waals surface area contributed by atoms with E-state index in [2.05, 4.69) is 137 Å². The first-order chi connectivity index (χ1) is 24.6. The van der Waals surface area contributed by atoms with Gasteiger partial charge in [0.15, 0.2) is 0 Å². The highest BCUT2D eigenvalue weighted by atomic mass is 16.1. The first-order valence-corrected chi connectivity index (χ1v) is 18.4. The van der Waals surface area contributed by atoms with Crippen molar-refractivity contribution in [1.82, 2.24) is 15.0 Å². The molecule has 0 atom stereocenters. The minimum absolute atomic E-state index is 0.131. The second-order valence-corrected chi connectivity index (χ2v) is 18.9. The van der Waals surface area contributed by atoms with Gasteiger partial charge in [0, 0.05) is 21.5 Å². The smallest absolute Gasteiger partial charge is 0.214 e. The molecule has 4 heterocycles. The topological polar surface area (TPSA) is 75.7 Å². The van der Waals surface area contributed by atoms with Gasteiger partial charge in [-0.25, -0.2) is 9.97 Å². The molecule has 0 aliphatic carbocycles. The molecule has 53 heavy (non-hydrogen) atoms. The molecule has 0 unspecified atom stereocenters. The Morgan fingerprint density at radius 2 is 0.774 bits per heavy atom. The van der Waals surface area contributed by atoms with Crippen molar-refractivity contribution in [3.8, 4) is 0 Å². The second-order valence-electron chi connectivity index (χ2n) is 18.9. The van der Waals surface area contributed by atoms with E-state index in [1.54, 1.807) is 0 Å². The molecule has 264 valence electrons. The van der Waals surface area contributed by atoms with Crippen molar-refractivity contribution in [2.45, 2.75) is 105 Å². The third-order valence-corrected chi connectivity index (χ3v) is 10.8. The van der Waals surface area contributed by atoms with Gasteiger partial charge in [0.05, 0.1) is 44.0 Å². The summed E-state index contributed by atoms with van der Waals surface area (Å²) in [5.74, 6) is -0.262. The van der Waals surface area contributed by atoms with Crippen molar-refractivity contribution in [3.05, 3.63) is 118 Å². The maximum Gasteiger partial charge on any atom is 0.214 e. The van der Waals surface area contributed by atoms with Gasteiger partial charge in [0.2, 0.25) is 11.6 Å². The molecule has 2 aliphatic rings. The van der Waals surface area contributed by atoms with E-state index >= 15 is 0 Å². The van der Waals surface area contributed by atoms with Crippen molar-refractivity contribution < 1.29 is 9.59 Å². The molecule has 0 saturated carbocycles. The van der Waals surface area contributed by atoms with Crippen molar-refractivity contribution in [2.75, 3.05) is 0 Å². The maximum atomic E-state index is 14.6. The van der Waals surface area contributed by atoms with E-state index in [4.69, 9.17) is 9.97 Å².